The summed E-state index contributed by atoms with van der Waals surface area (Å²) in [6.07, 6.45) is 0.875. The summed E-state index contributed by atoms with van der Waals surface area (Å²) in [4.78, 5) is 0.204. The van der Waals surface area contributed by atoms with Crippen molar-refractivity contribution < 1.29 is 21.2 Å². The van der Waals surface area contributed by atoms with Crippen LogP contribution in [0.3, 0.4) is 0 Å². The maximum absolute atomic E-state index is 13.1. The number of rotatable bonds is 6. The van der Waals surface area contributed by atoms with Crippen molar-refractivity contribution in [2.24, 2.45) is 5.92 Å². The molecule has 0 aliphatic carbocycles. The van der Waals surface area contributed by atoms with Gasteiger partial charge in [-0.1, -0.05) is 26.0 Å². The number of piperazine rings is 1. The highest BCUT2D eigenvalue weighted by atomic mass is 32.2. The largest absolute Gasteiger partial charge is 0.243 e. The van der Waals surface area contributed by atoms with Crippen LogP contribution >= 0.6 is 0 Å². The number of halogens is 1. The average Bonchev–Trinajstić information content (AvgIpc) is 2.68. The van der Waals surface area contributed by atoms with Gasteiger partial charge in [0.25, 0.3) is 0 Å². The van der Waals surface area contributed by atoms with Crippen LogP contribution in [0, 0.1) is 11.7 Å². The van der Waals surface area contributed by atoms with Gasteiger partial charge in [0.15, 0.2) is 0 Å². The zero-order valence-electron chi connectivity index (χ0n) is 16.5. The van der Waals surface area contributed by atoms with E-state index in [1.54, 1.807) is 12.1 Å². The fourth-order valence-corrected chi connectivity index (χ4v) is 6.17. The molecular weight excluding hydrogens is 415 g/mol. The van der Waals surface area contributed by atoms with E-state index in [1.165, 1.54) is 20.7 Å². The Hall–Kier alpha value is -1.81. The summed E-state index contributed by atoms with van der Waals surface area (Å²) in [7, 11) is -7.47. The normalized spacial score (nSPS) is 17.0. The smallest absolute Gasteiger partial charge is 0.207 e. The minimum absolute atomic E-state index is 0.00375. The molecule has 2 aromatic rings. The molecule has 0 saturated carbocycles. The molecule has 0 unspecified atom stereocenters. The summed E-state index contributed by atoms with van der Waals surface area (Å²) in [5.41, 5.74) is 1.08. The van der Waals surface area contributed by atoms with Gasteiger partial charge in [0.1, 0.15) is 5.82 Å². The molecule has 0 N–H and O–H groups in total. The molecule has 0 aromatic heterocycles. The van der Waals surface area contributed by atoms with Gasteiger partial charge in [-0.15, -0.1) is 0 Å². The van der Waals surface area contributed by atoms with Gasteiger partial charge in [-0.05, 0) is 54.3 Å². The second-order valence-corrected chi connectivity index (χ2v) is 11.4. The van der Waals surface area contributed by atoms with E-state index in [4.69, 9.17) is 0 Å². The Morgan fingerprint density at radius 3 is 1.52 bits per heavy atom. The molecule has 0 amide bonds. The van der Waals surface area contributed by atoms with E-state index in [2.05, 4.69) is 13.8 Å². The Balaban J connectivity index is 1.70. The fourth-order valence-electron chi connectivity index (χ4n) is 3.32. The van der Waals surface area contributed by atoms with Crippen molar-refractivity contribution in [1.29, 1.82) is 0 Å². The van der Waals surface area contributed by atoms with Crippen molar-refractivity contribution in [2.45, 2.75) is 30.1 Å². The van der Waals surface area contributed by atoms with Gasteiger partial charge in [0.2, 0.25) is 20.0 Å². The van der Waals surface area contributed by atoms with Crippen molar-refractivity contribution in [1.82, 2.24) is 8.61 Å². The maximum atomic E-state index is 13.1. The van der Waals surface area contributed by atoms with Crippen LogP contribution in [0.15, 0.2) is 58.3 Å². The van der Waals surface area contributed by atoms with Gasteiger partial charge < -0.3 is 0 Å². The summed E-state index contributed by atoms with van der Waals surface area (Å²) >= 11 is 0. The second-order valence-electron chi connectivity index (χ2n) is 7.50. The van der Waals surface area contributed by atoms with Crippen LogP contribution in [0.25, 0.3) is 0 Å². The second kappa shape index (κ2) is 8.51. The van der Waals surface area contributed by atoms with E-state index in [1.807, 2.05) is 12.1 Å². The molecule has 2 aromatic carbocycles. The quantitative estimate of drug-likeness (QED) is 0.692. The first-order valence-electron chi connectivity index (χ1n) is 9.45. The van der Waals surface area contributed by atoms with Gasteiger partial charge in [-0.2, -0.15) is 8.61 Å². The van der Waals surface area contributed by atoms with Crippen molar-refractivity contribution in [3.05, 3.63) is 59.9 Å². The molecule has 0 spiro atoms. The first kappa shape index (κ1) is 21.9. The molecule has 1 saturated heterocycles. The zero-order chi connectivity index (χ0) is 21.2. The van der Waals surface area contributed by atoms with Crippen LogP contribution in [0.2, 0.25) is 0 Å². The molecule has 0 atom stereocenters. The van der Waals surface area contributed by atoms with Crippen LogP contribution in [0.5, 0.6) is 0 Å². The predicted octanol–water partition coefficient (Wildman–Crippen LogP) is 2.72. The average molecular weight is 441 g/mol. The summed E-state index contributed by atoms with van der Waals surface area (Å²) in [5, 5.41) is 0. The minimum atomic E-state index is -3.78. The highest BCUT2D eigenvalue weighted by molar-refractivity contribution is 7.89. The number of nitrogens with zero attached hydrogens (tertiary/aromatic N) is 2. The van der Waals surface area contributed by atoms with E-state index in [9.17, 15) is 21.2 Å². The molecule has 9 heteroatoms. The van der Waals surface area contributed by atoms with E-state index in [-0.39, 0.29) is 36.0 Å². The molecule has 158 valence electrons. The van der Waals surface area contributed by atoms with Crippen molar-refractivity contribution >= 4 is 20.0 Å². The first-order valence-corrected chi connectivity index (χ1v) is 12.3. The third-order valence-corrected chi connectivity index (χ3v) is 8.68. The molecule has 1 heterocycles. The van der Waals surface area contributed by atoms with Crippen LogP contribution in [0.4, 0.5) is 4.39 Å². The van der Waals surface area contributed by atoms with E-state index >= 15 is 0 Å². The van der Waals surface area contributed by atoms with Gasteiger partial charge in [-0.3, -0.25) is 0 Å². The summed E-state index contributed by atoms with van der Waals surface area (Å²) in [6, 6.07) is 11.5. The third kappa shape index (κ3) is 4.85. The van der Waals surface area contributed by atoms with E-state index in [0.29, 0.717) is 5.92 Å². The van der Waals surface area contributed by atoms with E-state index in [0.717, 1.165) is 24.1 Å². The lowest BCUT2D eigenvalue weighted by atomic mass is 10.0. The molecule has 0 radical (unpaired) electrons. The standard InChI is InChI=1S/C20H25FN2O4S2/c1-16(2)15-17-3-7-19(8-4-17)28(24,25)22-11-13-23(14-12-22)29(26,27)20-9-5-18(21)6-10-20/h3-10,16H,11-15H2,1-2H3. The first-order chi connectivity index (χ1) is 13.6. The molecule has 1 aliphatic rings. The van der Waals surface area contributed by atoms with Crippen LogP contribution in [-0.2, 0) is 26.5 Å². The molecule has 1 fully saturated rings. The lowest BCUT2D eigenvalue weighted by Gasteiger charge is -2.33. The van der Waals surface area contributed by atoms with Crippen LogP contribution in [0.1, 0.15) is 19.4 Å². The number of benzene rings is 2. The van der Waals surface area contributed by atoms with Gasteiger partial charge in [0, 0.05) is 26.2 Å². The number of hydrogen-bond acceptors (Lipinski definition) is 4. The van der Waals surface area contributed by atoms with E-state index < -0.39 is 25.9 Å². The highest BCUT2D eigenvalue weighted by Gasteiger charge is 2.33. The fraction of sp³-hybridized carbons (Fsp3) is 0.400. The lowest BCUT2D eigenvalue weighted by molar-refractivity contribution is 0.273. The Labute approximate surface area is 172 Å². The van der Waals surface area contributed by atoms with Crippen molar-refractivity contribution in [2.75, 3.05) is 26.2 Å². The molecule has 0 bridgehead atoms. The van der Waals surface area contributed by atoms with Crippen LogP contribution in [-0.4, -0.2) is 51.6 Å². The zero-order valence-corrected chi connectivity index (χ0v) is 18.1. The lowest BCUT2D eigenvalue weighted by Crippen LogP contribution is -2.50. The van der Waals surface area contributed by atoms with Crippen molar-refractivity contribution in [3.8, 4) is 0 Å². The molecule has 1 aliphatic heterocycles. The molecular formula is C20H25FN2O4S2. The molecule has 29 heavy (non-hydrogen) atoms. The maximum Gasteiger partial charge on any atom is 0.243 e. The third-order valence-electron chi connectivity index (χ3n) is 4.85. The number of hydrogen-bond donors (Lipinski definition) is 0. The monoisotopic (exact) mass is 440 g/mol. The highest BCUT2D eigenvalue weighted by Crippen LogP contribution is 2.22. The summed E-state index contributed by atoms with van der Waals surface area (Å²) in [6.45, 7) is 4.43. The Morgan fingerprint density at radius 2 is 1.14 bits per heavy atom. The van der Waals surface area contributed by atoms with Gasteiger partial charge in [-0.25, -0.2) is 21.2 Å². The van der Waals surface area contributed by atoms with Crippen molar-refractivity contribution in [3.63, 3.8) is 0 Å². The van der Waals surface area contributed by atoms with Gasteiger partial charge >= 0.3 is 0 Å². The summed E-state index contributed by atoms with van der Waals surface area (Å²) < 4.78 is 66.8. The van der Waals surface area contributed by atoms with Gasteiger partial charge in [0.05, 0.1) is 9.79 Å². The SMILES string of the molecule is CC(C)Cc1ccc(S(=O)(=O)N2CCN(S(=O)(=O)c3ccc(F)cc3)CC2)cc1. The Morgan fingerprint density at radius 1 is 0.759 bits per heavy atom. The molecule has 3 rings (SSSR count). The minimum Gasteiger partial charge on any atom is -0.207 e. The number of sulfonamides is 2. The Kier molecular flexibility index (Phi) is 6.42. The molecule has 6 nitrogen and oxygen atoms in total. The Bertz CT molecular complexity index is 1040. The predicted molar refractivity (Wildman–Crippen MR) is 109 cm³/mol. The van der Waals surface area contributed by atoms with Crippen LogP contribution < -0.4 is 0 Å². The topological polar surface area (TPSA) is 74.8 Å². The summed E-state index contributed by atoms with van der Waals surface area (Å²) in [5.74, 6) is -0.0344.